The molecule has 1 aromatic rings. The van der Waals surface area contributed by atoms with Crippen LogP contribution in [0.15, 0.2) is 18.2 Å². The SMILES string of the molecule is Cc1cc(C)cc(N(CCCN)C(=O)C(C)(C)C)c1. The van der Waals surface area contributed by atoms with Gasteiger partial charge in [0, 0.05) is 17.6 Å². The molecule has 0 saturated heterocycles. The Morgan fingerprint density at radius 2 is 1.68 bits per heavy atom. The topological polar surface area (TPSA) is 46.3 Å². The highest BCUT2D eigenvalue weighted by molar-refractivity contribution is 5.97. The summed E-state index contributed by atoms with van der Waals surface area (Å²) in [5, 5.41) is 0. The molecule has 0 aliphatic heterocycles. The third-order valence-corrected chi connectivity index (χ3v) is 2.99. The number of hydrogen-bond acceptors (Lipinski definition) is 2. The van der Waals surface area contributed by atoms with Crippen LogP contribution in [0.25, 0.3) is 0 Å². The summed E-state index contributed by atoms with van der Waals surface area (Å²) < 4.78 is 0. The first kappa shape index (κ1) is 15.7. The van der Waals surface area contributed by atoms with Crippen molar-refractivity contribution in [3.63, 3.8) is 0 Å². The molecule has 2 N–H and O–H groups in total. The normalized spacial score (nSPS) is 11.5. The molecule has 0 spiro atoms. The van der Waals surface area contributed by atoms with Gasteiger partial charge in [-0.2, -0.15) is 0 Å². The molecule has 0 radical (unpaired) electrons. The minimum atomic E-state index is -0.383. The maximum atomic E-state index is 12.6. The fourth-order valence-electron chi connectivity index (χ4n) is 2.11. The van der Waals surface area contributed by atoms with Crippen LogP contribution in [0.1, 0.15) is 38.3 Å². The molecule has 106 valence electrons. The highest BCUT2D eigenvalue weighted by Crippen LogP contribution is 2.25. The maximum absolute atomic E-state index is 12.6. The van der Waals surface area contributed by atoms with Gasteiger partial charge in [0.25, 0.3) is 0 Å². The van der Waals surface area contributed by atoms with Crippen molar-refractivity contribution in [1.82, 2.24) is 0 Å². The van der Waals surface area contributed by atoms with Crippen molar-refractivity contribution in [1.29, 1.82) is 0 Å². The van der Waals surface area contributed by atoms with E-state index in [2.05, 4.69) is 32.0 Å². The number of rotatable bonds is 4. The Balaban J connectivity index is 3.12. The van der Waals surface area contributed by atoms with Crippen LogP contribution in [0.3, 0.4) is 0 Å². The van der Waals surface area contributed by atoms with E-state index in [4.69, 9.17) is 5.73 Å². The van der Waals surface area contributed by atoms with Crippen LogP contribution < -0.4 is 10.6 Å². The lowest BCUT2D eigenvalue weighted by Gasteiger charge is -2.30. The van der Waals surface area contributed by atoms with Crippen LogP contribution in [0.5, 0.6) is 0 Å². The van der Waals surface area contributed by atoms with Gasteiger partial charge in [0.1, 0.15) is 0 Å². The van der Waals surface area contributed by atoms with E-state index in [-0.39, 0.29) is 11.3 Å². The molecule has 3 heteroatoms. The van der Waals surface area contributed by atoms with Crippen molar-refractivity contribution in [3.05, 3.63) is 29.3 Å². The van der Waals surface area contributed by atoms with Gasteiger partial charge in [-0.3, -0.25) is 4.79 Å². The number of anilines is 1. The highest BCUT2D eigenvalue weighted by atomic mass is 16.2. The molecule has 0 aliphatic carbocycles. The number of aryl methyl sites for hydroxylation is 2. The molecule has 0 aromatic heterocycles. The molecule has 0 unspecified atom stereocenters. The standard InChI is InChI=1S/C16H26N2O/c1-12-9-13(2)11-14(10-12)18(8-6-7-17)15(19)16(3,4)5/h9-11H,6-8,17H2,1-5H3. The van der Waals surface area contributed by atoms with Crippen LogP contribution in [0, 0.1) is 19.3 Å². The summed E-state index contributed by atoms with van der Waals surface area (Å²) in [6.45, 7) is 11.2. The fourth-order valence-corrected chi connectivity index (χ4v) is 2.11. The Morgan fingerprint density at radius 1 is 1.16 bits per heavy atom. The summed E-state index contributed by atoms with van der Waals surface area (Å²) in [5.41, 5.74) is 8.53. The van der Waals surface area contributed by atoms with Crippen LogP contribution in [-0.4, -0.2) is 19.0 Å². The number of hydrogen-bond donors (Lipinski definition) is 1. The second kappa shape index (κ2) is 6.20. The van der Waals surface area contributed by atoms with Crippen LogP contribution in [0.2, 0.25) is 0 Å². The van der Waals surface area contributed by atoms with E-state index in [0.29, 0.717) is 13.1 Å². The quantitative estimate of drug-likeness (QED) is 0.906. The minimum absolute atomic E-state index is 0.144. The van der Waals surface area contributed by atoms with Gasteiger partial charge in [-0.25, -0.2) is 0 Å². The molecular weight excluding hydrogens is 236 g/mol. The summed E-state index contributed by atoms with van der Waals surface area (Å²) in [6.07, 6.45) is 0.814. The van der Waals surface area contributed by atoms with Crippen molar-refractivity contribution >= 4 is 11.6 Å². The molecule has 3 nitrogen and oxygen atoms in total. The molecule has 0 saturated carbocycles. The lowest BCUT2D eigenvalue weighted by molar-refractivity contribution is -0.125. The van der Waals surface area contributed by atoms with Crippen molar-refractivity contribution < 1.29 is 4.79 Å². The summed E-state index contributed by atoms with van der Waals surface area (Å²) in [7, 11) is 0. The minimum Gasteiger partial charge on any atom is -0.330 e. The number of nitrogens with two attached hydrogens (primary N) is 1. The monoisotopic (exact) mass is 262 g/mol. The zero-order valence-corrected chi connectivity index (χ0v) is 12.8. The lowest BCUT2D eigenvalue weighted by atomic mass is 9.94. The zero-order chi connectivity index (χ0) is 14.6. The number of nitrogens with zero attached hydrogens (tertiary/aromatic N) is 1. The van der Waals surface area contributed by atoms with E-state index in [1.54, 1.807) is 0 Å². The first-order valence-corrected chi connectivity index (χ1v) is 6.86. The van der Waals surface area contributed by atoms with Gasteiger partial charge >= 0.3 is 0 Å². The second-order valence-corrected chi connectivity index (χ2v) is 6.19. The van der Waals surface area contributed by atoms with E-state index in [1.165, 1.54) is 11.1 Å². The zero-order valence-electron chi connectivity index (χ0n) is 12.8. The first-order valence-electron chi connectivity index (χ1n) is 6.86. The number of carbonyl (C=O) groups excluding carboxylic acids is 1. The first-order chi connectivity index (χ1) is 8.75. The summed E-state index contributed by atoms with van der Waals surface area (Å²) >= 11 is 0. The Hall–Kier alpha value is -1.35. The molecule has 0 bridgehead atoms. The highest BCUT2D eigenvalue weighted by Gasteiger charge is 2.28. The third kappa shape index (κ3) is 4.35. The van der Waals surface area contributed by atoms with Crippen LogP contribution in [0.4, 0.5) is 5.69 Å². The molecule has 0 atom stereocenters. The molecule has 0 aliphatic rings. The van der Waals surface area contributed by atoms with Gasteiger partial charge in [0.05, 0.1) is 0 Å². The average Bonchev–Trinajstić information content (AvgIpc) is 2.26. The summed E-state index contributed by atoms with van der Waals surface area (Å²) in [5.74, 6) is 0.144. The van der Waals surface area contributed by atoms with Crippen LogP contribution in [-0.2, 0) is 4.79 Å². The van der Waals surface area contributed by atoms with Gasteiger partial charge in [0.2, 0.25) is 5.91 Å². The van der Waals surface area contributed by atoms with Gasteiger partial charge in [-0.1, -0.05) is 26.8 Å². The van der Waals surface area contributed by atoms with E-state index in [9.17, 15) is 4.79 Å². The van der Waals surface area contributed by atoms with E-state index in [0.717, 1.165) is 12.1 Å². The predicted octanol–water partition coefficient (Wildman–Crippen LogP) is 3.03. The molecule has 19 heavy (non-hydrogen) atoms. The second-order valence-electron chi connectivity index (χ2n) is 6.19. The van der Waals surface area contributed by atoms with Crippen molar-refractivity contribution in [2.24, 2.45) is 11.1 Å². The fraction of sp³-hybridized carbons (Fsp3) is 0.562. The number of amides is 1. The Morgan fingerprint density at radius 3 is 2.11 bits per heavy atom. The lowest BCUT2D eigenvalue weighted by Crippen LogP contribution is -2.40. The van der Waals surface area contributed by atoms with Crippen molar-refractivity contribution in [3.8, 4) is 0 Å². The smallest absolute Gasteiger partial charge is 0.232 e. The van der Waals surface area contributed by atoms with Crippen molar-refractivity contribution in [2.75, 3.05) is 18.0 Å². The maximum Gasteiger partial charge on any atom is 0.232 e. The van der Waals surface area contributed by atoms with Crippen molar-refractivity contribution in [2.45, 2.75) is 41.0 Å². The number of benzene rings is 1. The van der Waals surface area contributed by atoms with Crippen LogP contribution >= 0.6 is 0 Å². The van der Waals surface area contributed by atoms with E-state index >= 15 is 0 Å². The van der Waals surface area contributed by atoms with Gasteiger partial charge in [0.15, 0.2) is 0 Å². The molecular formula is C16H26N2O. The summed E-state index contributed by atoms with van der Waals surface area (Å²) in [4.78, 5) is 14.4. The van der Waals surface area contributed by atoms with Gasteiger partial charge < -0.3 is 10.6 Å². The average molecular weight is 262 g/mol. The Kier molecular flexibility index (Phi) is 5.12. The summed E-state index contributed by atoms with van der Waals surface area (Å²) in [6, 6.07) is 6.24. The predicted molar refractivity (Wildman–Crippen MR) is 81.4 cm³/mol. The van der Waals surface area contributed by atoms with Gasteiger partial charge in [-0.15, -0.1) is 0 Å². The van der Waals surface area contributed by atoms with E-state index < -0.39 is 0 Å². The number of carbonyl (C=O) groups is 1. The molecule has 1 rings (SSSR count). The molecule has 1 aromatic carbocycles. The Bertz CT molecular complexity index is 426. The molecule has 1 amide bonds. The largest absolute Gasteiger partial charge is 0.330 e. The Labute approximate surface area is 116 Å². The van der Waals surface area contributed by atoms with Gasteiger partial charge in [-0.05, 0) is 50.1 Å². The molecule has 0 heterocycles. The molecule has 0 fully saturated rings. The van der Waals surface area contributed by atoms with E-state index in [1.807, 2.05) is 25.7 Å². The third-order valence-electron chi connectivity index (χ3n) is 2.99.